The first-order valence-electron chi connectivity index (χ1n) is 9.65. The van der Waals surface area contributed by atoms with Gasteiger partial charge in [0, 0.05) is 27.7 Å². The van der Waals surface area contributed by atoms with Crippen molar-refractivity contribution in [2.75, 3.05) is 4.90 Å². The molecule has 1 aliphatic rings. The Balaban J connectivity index is 1.52. The van der Waals surface area contributed by atoms with Crippen molar-refractivity contribution in [1.82, 2.24) is 9.55 Å². The number of amides is 1. The first-order chi connectivity index (χ1) is 14.5. The summed E-state index contributed by atoms with van der Waals surface area (Å²) in [5, 5.41) is 3.10. The van der Waals surface area contributed by atoms with Crippen LogP contribution in [0.4, 0.5) is 5.69 Å². The zero-order chi connectivity index (χ0) is 20.8. The lowest BCUT2D eigenvalue weighted by Crippen LogP contribution is -2.40. The van der Waals surface area contributed by atoms with E-state index in [1.165, 1.54) is 22.2 Å². The van der Waals surface area contributed by atoms with Gasteiger partial charge in [-0.3, -0.25) is 14.2 Å². The van der Waals surface area contributed by atoms with E-state index in [9.17, 15) is 9.59 Å². The number of benzene rings is 2. The summed E-state index contributed by atoms with van der Waals surface area (Å²) in [6.45, 7) is 1.98. The van der Waals surface area contributed by atoms with E-state index in [-0.39, 0.29) is 24.1 Å². The standard InChI is InChI=1S/C23H18ClN3O2S/c1-14-10-16-4-2-3-5-19(16)27(14)20(28)11-26-13-25-22-21(23(26)29)18(12-30-22)15-6-8-17(24)9-7-15/h2-9,12-14H,10-11H2,1H3/t14-/m1/s1. The zero-order valence-electron chi connectivity index (χ0n) is 16.2. The summed E-state index contributed by atoms with van der Waals surface area (Å²) in [5.41, 5.74) is 3.58. The Morgan fingerprint density at radius 3 is 2.77 bits per heavy atom. The minimum absolute atomic E-state index is 0.0453. The van der Waals surface area contributed by atoms with E-state index in [1.54, 1.807) is 17.0 Å². The van der Waals surface area contributed by atoms with Crippen LogP contribution in [-0.4, -0.2) is 21.5 Å². The lowest BCUT2D eigenvalue weighted by Gasteiger charge is -2.23. The monoisotopic (exact) mass is 435 g/mol. The number of anilines is 1. The number of aromatic nitrogens is 2. The highest BCUT2D eigenvalue weighted by atomic mass is 35.5. The van der Waals surface area contributed by atoms with Crippen molar-refractivity contribution in [2.24, 2.45) is 0 Å². The number of para-hydroxylation sites is 1. The maximum atomic E-state index is 13.3. The van der Waals surface area contributed by atoms with Gasteiger partial charge in [-0.1, -0.05) is 41.9 Å². The van der Waals surface area contributed by atoms with E-state index < -0.39 is 0 Å². The molecule has 150 valence electrons. The van der Waals surface area contributed by atoms with Crippen LogP contribution in [-0.2, 0) is 17.8 Å². The van der Waals surface area contributed by atoms with Gasteiger partial charge in [0.05, 0.1) is 11.7 Å². The number of hydrogen-bond donors (Lipinski definition) is 0. The second kappa shape index (κ2) is 7.38. The highest BCUT2D eigenvalue weighted by Gasteiger charge is 2.30. The summed E-state index contributed by atoms with van der Waals surface area (Å²) in [5.74, 6) is -0.112. The predicted octanol–water partition coefficient (Wildman–Crippen LogP) is 4.76. The van der Waals surface area contributed by atoms with Crippen LogP contribution in [0.3, 0.4) is 0 Å². The second-order valence-electron chi connectivity index (χ2n) is 7.46. The molecule has 0 saturated carbocycles. The molecule has 2 aromatic carbocycles. The fourth-order valence-electron chi connectivity index (χ4n) is 4.09. The van der Waals surface area contributed by atoms with Gasteiger partial charge >= 0.3 is 0 Å². The van der Waals surface area contributed by atoms with Crippen LogP contribution in [0.1, 0.15) is 12.5 Å². The van der Waals surface area contributed by atoms with Gasteiger partial charge in [-0.15, -0.1) is 11.3 Å². The van der Waals surface area contributed by atoms with E-state index in [0.717, 1.165) is 28.8 Å². The van der Waals surface area contributed by atoms with Crippen LogP contribution >= 0.6 is 22.9 Å². The Hall–Kier alpha value is -2.96. The minimum atomic E-state index is -0.209. The molecule has 1 amide bonds. The topological polar surface area (TPSA) is 55.2 Å². The highest BCUT2D eigenvalue weighted by Crippen LogP contribution is 2.33. The van der Waals surface area contributed by atoms with E-state index in [2.05, 4.69) is 4.98 Å². The number of nitrogens with zero attached hydrogens (tertiary/aromatic N) is 3. The predicted molar refractivity (Wildman–Crippen MR) is 121 cm³/mol. The Labute approximate surface area is 182 Å². The van der Waals surface area contributed by atoms with Gasteiger partial charge in [-0.05, 0) is 42.7 Å². The molecule has 7 heteroatoms. The lowest BCUT2D eigenvalue weighted by molar-refractivity contribution is -0.119. The molecule has 0 N–H and O–H groups in total. The number of fused-ring (bicyclic) bond motifs is 2. The van der Waals surface area contributed by atoms with Crippen molar-refractivity contribution in [3.8, 4) is 11.1 Å². The summed E-state index contributed by atoms with van der Waals surface area (Å²) >= 11 is 7.42. The minimum Gasteiger partial charge on any atom is -0.307 e. The van der Waals surface area contributed by atoms with Crippen LogP contribution in [0.25, 0.3) is 21.3 Å². The molecule has 1 atom stereocenters. The molecular weight excluding hydrogens is 418 g/mol. The van der Waals surface area contributed by atoms with Gasteiger partial charge in [0.15, 0.2) is 0 Å². The molecule has 2 aromatic heterocycles. The maximum Gasteiger partial charge on any atom is 0.263 e. The van der Waals surface area contributed by atoms with Crippen molar-refractivity contribution < 1.29 is 4.79 Å². The quantitative estimate of drug-likeness (QED) is 0.466. The number of carbonyl (C=O) groups is 1. The van der Waals surface area contributed by atoms with E-state index in [4.69, 9.17) is 11.6 Å². The molecule has 1 aliphatic heterocycles. The smallest absolute Gasteiger partial charge is 0.263 e. The van der Waals surface area contributed by atoms with Gasteiger partial charge in [0.2, 0.25) is 5.91 Å². The van der Waals surface area contributed by atoms with E-state index in [0.29, 0.717) is 15.2 Å². The third-order valence-electron chi connectivity index (χ3n) is 5.50. The van der Waals surface area contributed by atoms with Gasteiger partial charge in [0.25, 0.3) is 5.56 Å². The van der Waals surface area contributed by atoms with E-state index >= 15 is 0 Å². The molecular formula is C23H18ClN3O2S. The third-order valence-corrected chi connectivity index (χ3v) is 6.64. The third kappa shape index (κ3) is 3.13. The highest BCUT2D eigenvalue weighted by molar-refractivity contribution is 7.17. The van der Waals surface area contributed by atoms with Crippen molar-refractivity contribution >= 4 is 44.7 Å². The average Bonchev–Trinajstić information content (AvgIpc) is 3.31. The van der Waals surface area contributed by atoms with Gasteiger partial charge < -0.3 is 4.90 Å². The van der Waals surface area contributed by atoms with Crippen molar-refractivity contribution in [3.63, 3.8) is 0 Å². The molecule has 5 nitrogen and oxygen atoms in total. The maximum absolute atomic E-state index is 13.3. The summed E-state index contributed by atoms with van der Waals surface area (Å²) in [6.07, 6.45) is 2.29. The largest absolute Gasteiger partial charge is 0.307 e. The summed E-state index contributed by atoms with van der Waals surface area (Å²) in [4.78, 5) is 33.3. The van der Waals surface area contributed by atoms with Crippen LogP contribution in [0.5, 0.6) is 0 Å². The normalized spacial score (nSPS) is 15.5. The van der Waals surface area contributed by atoms with E-state index in [1.807, 2.05) is 48.7 Å². The fourth-order valence-corrected chi connectivity index (χ4v) is 5.12. The van der Waals surface area contributed by atoms with Crippen molar-refractivity contribution in [2.45, 2.75) is 25.9 Å². The SMILES string of the molecule is C[C@@H]1Cc2ccccc2N1C(=O)Cn1cnc2scc(-c3ccc(Cl)cc3)c2c1=O. The lowest BCUT2D eigenvalue weighted by atomic mass is 10.1. The summed E-state index contributed by atoms with van der Waals surface area (Å²) in [6, 6.07) is 15.3. The molecule has 0 fully saturated rings. The molecule has 0 unspecified atom stereocenters. The van der Waals surface area contributed by atoms with Crippen LogP contribution in [0.15, 0.2) is 65.0 Å². The molecule has 5 rings (SSSR count). The Kier molecular flexibility index (Phi) is 4.68. The van der Waals surface area contributed by atoms with Crippen molar-refractivity contribution in [3.05, 3.63) is 81.2 Å². The molecule has 0 saturated heterocycles. The second-order valence-corrected chi connectivity index (χ2v) is 8.75. The Bertz CT molecular complexity index is 1330. The Morgan fingerprint density at radius 1 is 1.20 bits per heavy atom. The number of rotatable bonds is 3. The zero-order valence-corrected chi connectivity index (χ0v) is 17.8. The molecule has 0 bridgehead atoms. The number of thiophene rings is 1. The number of carbonyl (C=O) groups excluding carboxylic acids is 1. The van der Waals surface area contributed by atoms with Crippen molar-refractivity contribution in [1.29, 1.82) is 0 Å². The first-order valence-corrected chi connectivity index (χ1v) is 10.9. The molecule has 4 aromatic rings. The van der Waals surface area contributed by atoms with Crippen LogP contribution in [0.2, 0.25) is 5.02 Å². The van der Waals surface area contributed by atoms with Crippen LogP contribution < -0.4 is 10.5 Å². The number of hydrogen-bond acceptors (Lipinski definition) is 4. The summed E-state index contributed by atoms with van der Waals surface area (Å²) in [7, 11) is 0. The van der Waals surface area contributed by atoms with Gasteiger partial charge in [-0.2, -0.15) is 0 Å². The fraction of sp³-hybridized carbons (Fsp3) is 0.174. The average molecular weight is 436 g/mol. The number of halogens is 1. The first kappa shape index (κ1) is 19.0. The van der Waals surface area contributed by atoms with Gasteiger partial charge in [-0.25, -0.2) is 4.98 Å². The van der Waals surface area contributed by atoms with Crippen LogP contribution in [0, 0.1) is 0 Å². The molecule has 30 heavy (non-hydrogen) atoms. The molecule has 0 aliphatic carbocycles. The summed E-state index contributed by atoms with van der Waals surface area (Å²) < 4.78 is 1.41. The molecule has 0 spiro atoms. The Morgan fingerprint density at radius 2 is 1.97 bits per heavy atom. The molecule has 0 radical (unpaired) electrons. The molecule has 3 heterocycles. The van der Waals surface area contributed by atoms with Gasteiger partial charge in [0.1, 0.15) is 11.4 Å².